The molecule has 0 unspecified atom stereocenters. The van der Waals surface area contributed by atoms with Crippen molar-refractivity contribution in [2.24, 2.45) is 0 Å². The Hall–Kier alpha value is -1.30. The summed E-state index contributed by atoms with van der Waals surface area (Å²) in [5.41, 5.74) is -1.91. The van der Waals surface area contributed by atoms with Crippen LogP contribution in [0.15, 0.2) is 12.1 Å². The third kappa shape index (κ3) is 2.63. The molecular formula is C9H5ClF4O2. The van der Waals surface area contributed by atoms with Gasteiger partial charge in [-0.15, -0.1) is 0 Å². The Morgan fingerprint density at radius 2 is 1.94 bits per heavy atom. The standard InChI is InChI=1S/C9H5ClF4O2/c10-8-4(3-7(15)16)6(11)2-1-5(8)9(12,13)14/h1-2H,3H2,(H,15,16). The molecule has 0 bridgehead atoms. The van der Waals surface area contributed by atoms with Gasteiger partial charge in [0.15, 0.2) is 0 Å². The number of rotatable bonds is 2. The van der Waals surface area contributed by atoms with Gasteiger partial charge in [-0.1, -0.05) is 11.6 Å². The fraction of sp³-hybridized carbons (Fsp3) is 0.222. The summed E-state index contributed by atoms with van der Waals surface area (Å²) >= 11 is 5.32. The van der Waals surface area contributed by atoms with Crippen LogP contribution in [-0.4, -0.2) is 11.1 Å². The maximum atomic E-state index is 13.1. The molecule has 0 amide bonds. The van der Waals surface area contributed by atoms with Gasteiger partial charge < -0.3 is 5.11 Å². The van der Waals surface area contributed by atoms with E-state index in [0.29, 0.717) is 12.1 Å². The first-order valence-electron chi connectivity index (χ1n) is 3.99. The molecule has 0 spiro atoms. The molecule has 0 saturated carbocycles. The topological polar surface area (TPSA) is 37.3 Å². The highest BCUT2D eigenvalue weighted by molar-refractivity contribution is 6.32. The fourth-order valence-electron chi connectivity index (χ4n) is 1.13. The number of carbonyl (C=O) groups is 1. The molecule has 1 N–H and O–H groups in total. The lowest BCUT2D eigenvalue weighted by Gasteiger charge is -2.12. The van der Waals surface area contributed by atoms with Crippen LogP contribution < -0.4 is 0 Å². The predicted octanol–water partition coefficient (Wildman–Crippen LogP) is 3.13. The molecule has 0 radical (unpaired) electrons. The molecule has 0 aromatic heterocycles. The van der Waals surface area contributed by atoms with Gasteiger partial charge in [-0.05, 0) is 12.1 Å². The van der Waals surface area contributed by atoms with E-state index >= 15 is 0 Å². The molecule has 1 rings (SSSR count). The maximum absolute atomic E-state index is 13.1. The Morgan fingerprint density at radius 3 is 2.38 bits per heavy atom. The van der Waals surface area contributed by atoms with Crippen molar-refractivity contribution >= 4 is 17.6 Å². The summed E-state index contributed by atoms with van der Waals surface area (Å²) in [6.45, 7) is 0. The van der Waals surface area contributed by atoms with E-state index in [-0.39, 0.29) is 0 Å². The van der Waals surface area contributed by atoms with Crippen molar-refractivity contribution in [2.45, 2.75) is 12.6 Å². The van der Waals surface area contributed by atoms with Crippen LogP contribution in [0.1, 0.15) is 11.1 Å². The van der Waals surface area contributed by atoms with Gasteiger partial charge in [0.2, 0.25) is 0 Å². The quantitative estimate of drug-likeness (QED) is 0.826. The molecule has 7 heteroatoms. The minimum Gasteiger partial charge on any atom is -0.481 e. The van der Waals surface area contributed by atoms with Crippen LogP contribution in [0.5, 0.6) is 0 Å². The van der Waals surface area contributed by atoms with E-state index in [1.807, 2.05) is 0 Å². The zero-order valence-electron chi connectivity index (χ0n) is 7.61. The number of aliphatic carboxylic acids is 1. The number of carboxylic acid groups (broad SMARTS) is 1. The molecule has 0 aliphatic heterocycles. The van der Waals surface area contributed by atoms with Crippen LogP contribution in [-0.2, 0) is 17.4 Å². The average Bonchev–Trinajstić information content (AvgIpc) is 2.09. The van der Waals surface area contributed by atoms with Crippen molar-refractivity contribution in [3.05, 3.63) is 34.1 Å². The molecule has 0 heterocycles. The summed E-state index contributed by atoms with van der Waals surface area (Å²) < 4.78 is 50.1. The largest absolute Gasteiger partial charge is 0.481 e. The average molecular weight is 257 g/mol. The van der Waals surface area contributed by atoms with Crippen molar-refractivity contribution in [3.63, 3.8) is 0 Å². The Balaban J connectivity index is 3.33. The van der Waals surface area contributed by atoms with Gasteiger partial charge in [-0.25, -0.2) is 4.39 Å². The normalized spacial score (nSPS) is 11.6. The third-order valence-corrected chi connectivity index (χ3v) is 2.25. The highest BCUT2D eigenvalue weighted by Crippen LogP contribution is 2.37. The Morgan fingerprint density at radius 1 is 1.38 bits per heavy atom. The second-order valence-electron chi connectivity index (χ2n) is 2.96. The van der Waals surface area contributed by atoms with Gasteiger partial charge in [0.25, 0.3) is 0 Å². The second kappa shape index (κ2) is 4.29. The van der Waals surface area contributed by atoms with Crippen LogP contribution in [0.2, 0.25) is 5.02 Å². The van der Waals surface area contributed by atoms with Gasteiger partial charge in [-0.2, -0.15) is 13.2 Å². The molecule has 0 atom stereocenters. The SMILES string of the molecule is O=C(O)Cc1c(F)ccc(C(F)(F)F)c1Cl. The van der Waals surface area contributed by atoms with Crippen LogP contribution in [0.4, 0.5) is 17.6 Å². The molecule has 2 nitrogen and oxygen atoms in total. The summed E-state index contributed by atoms with van der Waals surface area (Å²) in [7, 11) is 0. The molecule has 0 aliphatic carbocycles. The lowest BCUT2D eigenvalue weighted by atomic mass is 10.1. The van der Waals surface area contributed by atoms with Crippen molar-refractivity contribution in [1.82, 2.24) is 0 Å². The van der Waals surface area contributed by atoms with E-state index in [4.69, 9.17) is 16.7 Å². The van der Waals surface area contributed by atoms with Crippen molar-refractivity contribution in [2.75, 3.05) is 0 Å². The monoisotopic (exact) mass is 256 g/mol. The number of hydrogen-bond donors (Lipinski definition) is 1. The minimum atomic E-state index is -4.74. The zero-order chi connectivity index (χ0) is 12.5. The first-order valence-corrected chi connectivity index (χ1v) is 4.37. The number of carboxylic acids is 1. The van der Waals surface area contributed by atoms with Crippen LogP contribution in [0.3, 0.4) is 0 Å². The lowest BCUT2D eigenvalue weighted by Crippen LogP contribution is -2.10. The van der Waals surface area contributed by atoms with Gasteiger partial charge in [0.1, 0.15) is 5.82 Å². The van der Waals surface area contributed by atoms with Crippen molar-refractivity contribution < 1.29 is 27.5 Å². The highest BCUT2D eigenvalue weighted by Gasteiger charge is 2.34. The Kier molecular flexibility index (Phi) is 3.42. The van der Waals surface area contributed by atoms with E-state index in [1.165, 1.54) is 0 Å². The van der Waals surface area contributed by atoms with E-state index in [0.717, 1.165) is 0 Å². The zero-order valence-corrected chi connectivity index (χ0v) is 8.36. The highest BCUT2D eigenvalue weighted by atomic mass is 35.5. The summed E-state index contributed by atoms with van der Waals surface area (Å²) in [4.78, 5) is 10.3. The van der Waals surface area contributed by atoms with Gasteiger partial charge in [0, 0.05) is 5.56 Å². The smallest absolute Gasteiger partial charge is 0.417 e. The molecule has 0 saturated heterocycles. The fourth-order valence-corrected chi connectivity index (χ4v) is 1.46. The summed E-state index contributed by atoms with van der Waals surface area (Å²) in [6, 6.07) is 1.02. The first-order chi connectivity index (χ1) is 7.23. The number of halogens is 5. The number of benzene rings is 1. The number of hydrogen-bond acceptors (Lipinski definition) is 1. The summed E-state index contributed by atoms with van der Waals surface area (Å²) in [5, 5.41) is 7.50. The van der Waals surface area contributed by atoms with E-state index in [1.54, 1.807) is 0 Å². The minimum absolute atomic E-state index is 0.475. The Labute approximate surface area is 92.4 Å². The number of alkyl halides is 3. The van der Waals surface area contributed by atoms with Crippen molar-refractivity contribution in [3.8, 4) is 0 Å². The lowest BCUT2D eigenvalue weighted by molar-refractivity contribution is -0.138. The molecule has 16 heavy (non-hydrogen) atoms. The molecule has 1 aromatic carbocycles. The van der Waals surface area contributed by atoms with E-state index < -0.39 is 40.5 Å². The molecular weight excluding hydrogens is 252 g/mol. The van der Waals surface area contributed by atoms with E-state index in [2.05, 4.69) is 0 Å². The summed E-state index contributed by atoms with van der Waals surface area (Å²) in [5.74, 6) is -2.53. The van der Waals surface area contributed by atoms with Crippen LogP contribution >= 0.6 is 11.6 Å². The molecule has 0 aliphatic rings. The summed E-state index contributed by atoms with van der Waals surface area (Å²) in [6.07, 6.45) is -5.63. The first kappa shape index (κ1) is 12.8. The van der Waals surface area contributed by atoms with Gasteiger partial charge in [-0.3, -0.25) is 4.79 Å². The van der Waals surface area contributed by atoms with Crippen LogP contribution in [0.25, 0.3) is 0 Å². The second-order valence-corrected chi connectivity index (χ2v) is 3.33. The van der Waals surface area contributed by atoms with Crippen LogP contribution in [0, 0.1) is 5.82 Å². The maximum Gasteiger partial charge on any atom is 0.417 e. The van der Waals surface area contributed by atoms with Gasteiger partial charge in [0.05, 0.1) is 17.0 Å². The third-order valence-electron chi connectivity index (χ3n) is 1.82. The molecule has 0 fully saturated rings. The van der Waals surface area contributed by atoms with E-state index in [9.17, 15) is 22.4 Å². The van der Waals surface area contributed by atoms with Gasteiger partial charge >= 0.3 is 12.1 Å². The van der Waals surface area contributed by atoms with Crippen molar-refractivity contribution in [1.29, 1.82) is 0 Å². The molecule has 88 valence electrons. The molecule has 1 aromatic rings. The predicted molar refractivity (Wildman–Crippen MR) is 47.8 cm³/mol. The Bertz CT molecular complexity index is 428.